The average Bonchev–Trinajstić information content (AvgIpc) is 3.03. The van der Waals surface area contributed by atoms with E-state index in [1.807, 2.05) is 37.3 Å². The van der Waals surface area contributed by atoms with Crippen molar-refractivity contribution in [3.05, 3.63) is 85.1 Å². The van der Waals surface area contributed by atoms with Gasteiger partial charge in [0.25, 0.3) is 0 Å². The Labute approximate surface area is 250 Å². The first-order valence-electron chi connectivity index (χ1n) is 13.9. The highest BCUT2D eigenvalue weighted by Crippen LogP contribution is 2.38. The minimum Gasteiger partial charge on any atom is -0.493 e. The number of nitrogens with one attached hydrogen (secondary N) is 2. The third-order valence-corrected chi connectivity index (χ3v) is 7.22. The highest BCUT2D eigenvalue weighted by Gasteiger charge is 2.22. The lowest BCUT2D eigenvalue weighted by Crippen LogP contribution is -2.41. The van der Waals surface area contributed by atoms with E-state index in [0.29, 0.717) is 58.7 Å². The van der Waals surface area contributed by atoms with Crippen molar-refractivity contribution in [2.24, 2.45) is 0 Å². The summed E-state index contributed by atoms with van der Waals surface area (Å²) in [4.78, 5) is 30.8. The minimum atomic E-state index is -0.395. The number of nitrogens with zero attached hydrogens (tertiary/aromatic N) is 2. The van der Waals surface area contributed by atoms with Gasteiger partial charge in [0.15, 0.2) is 11.5 Å². The number of rotatable bonds is 9. The average molecular weight is 583 g/mol. The molecule has 0 saturated carbocycles. The van der Waals surface area contributed by atoms with Gasteiger partial charge in [-0.2, -0.15) is 0 Å². The van der Waals surface area contributed by atoms with Crippen molar-refractivity contribution < 1.29 is 28.5 Å². The first-order valence-corrected chi connectivity index (χ1v) is 13.9. The number of carbonyl (C=O) groups excluding carboxylic acids is 2. The van der Waals surface area contributed by atoms with Crippen LogP contribution < -0.4 is 29.6 Å². The third kappa shape index (κ3) is 6.98. The highest BCUT2D eigenvalue weighted by molar-refractivity contribution is 6.00. The highest BCUT2D eigenvalue weighted by atomic mass is 16.5. The molecule has 3 aromatic carbocycles. The van der Waals surface area contributed by atoms with Gasteiger partial charge in [0.2, 0.25) is 5.91 Å². The molecule has 10 nitrogen and oxygen atoms in total. The molecule has 43 heavy (non-hydrogen) atoms. The fourth-order valence-corrected chi connectivity index (χ4v) is 4.87. The van der Waals surface area contributed by atoms with Crippen LogP contribution >= 0.6 is 0 Å². The second-order valence-electron chi connectivity index (χ2n) is 10.1. The summed E-state index contributed by atoms with van der Waals surface area (Å²) in [7, 11) is 3.15. The molecule has 4 aromatic rings. The van der Waals surface area contributed by atoms with Gasteiger partial charge in [-0.1, -0.05) is 12.6 Å². The zero-order valence-electron chi connectivity index (χ0n) is 24.4. The molecular formula is C33H34N4O6. The predicted molar refractivity (Wildman–Crippen MR) is 166 cm³/mol. The van der Waals surface area contributed by atoms with Crippen LogP contribution in [0.3, 0.4) is 0 Å². The quantitative estimate of drug-likeness (QED) is 0.215. The molecule has 0 spiro atoms. The molecule has 0 radical (unpaired) electrons. The van der Waals surface area contributed by atoms with Crippen molar-refractivity contribution >= 4 is 34.2 Å². The number of hydrogen-bond acceptors (Lipinski definition) is 7. The largest absolute Gasteiger partial charge is 0.493 e. The van der Waals surface area contributed by atoms with E-state index in [-0.39, 0.29) is 12.0 Å². The topological polar surface area (TPSA) is 111 Å². The predicted octanol–water partition coefficient (Wildman–Crippen LogP) is 6.55. The Kier molecular flexibility index (Phi) is 8.95. The van der Waals surface area contributed by atoms with Crippen molar-refractivity contribution in [1.82, 2.24) is 9.88 Å². The van der Waals surface area contributed by atoms with Crippen LogP contribution in [-0.4, -0.2) is 55.2 Å². The van der Waals surface area contributed by atoms with Gasteiger partial charge < -0.3 is 34.5 Å². The lowest BCUT2D eigenvalue weighted by molar-refractivity contribution is -0.127. The summed E-state index contributed by atoms with van der Waals surface area (Å²) in [5.74, 6) is 2.98. The van der Waals surface area contributed by atoms with Crippen molar-refractivity contribution in [2.45, 2.75) is 25.9 Å². The van der Waals surface area contributed by atoms with E-state index in [0.717, 1.165) is 23.8 Å². The molecule has 222 valence electrons. The molecular weight excluding hydrogens is 548 g/mol. The van der Waals surface area contributed by atoms with Crippen molar-refractivity contribution in [1.29, 1.82) is 0 Å². The standard InChI is InChI=1S/C33H34N4O6/c1-5-32(38)37-16-13-25(14-17-37)42-24-10-8-22(9-11-24)35-33(39)36-23-7-6-21(2)29(18-23)43-28-12-15-34-27-20-31(41-4)30(40-3)19-26(27)28/h5-12,15,18-20,25H,1,13-14,16-17H2,2-4H3,(H2,35,36,39). The summed E-state index contributed by atoms with van der Waals surface area (Å²) < 4.78 is 23.2. The SMILES string of the molecule is C=CC(=O)N1CCC(Oc2ccc(NC(=O)Nc3ccc(C)c(Oc4ccnc5cc(OC)c(OC)cc45)c3)cc2)CC1. The monoisotopic (exact) mass is 582 g/mol. The Bertz CT molecular complexity index is 1630. The second kappa shape index (κ2) is 13.2. The van der Waals surface area contributed by atoms with Crippen LogP contribution in [0.15, 0.2) is 79.5 Å². The number of piperidine rings is 1. The van der Waals surface area contributed by atoms with E-state index in [9.17, 15) is 9.59 Å². The Morgan fingerprint density at radius 2 is 1.56 bits per heavy atom. The molecule has 10 heteroatoms. The number of aromatic nitrogens is 1. The number of methoxy groups -OCH3 is 2. The van der Waals surface area contributed by atoms with Gasteiger partial charge in [0.1, 0.15) is 23.4 Å². The first-order chi connectivity index (χ1) is 20.9. The third-order valence-electron chi connectivity index (χ3n) is 7.22. The maximum absolute atomic E-state index is 12.8. The van der Waals surface area contributed by atoms with Crippen molar-refractivity contribution in [2.75, 3.05) is 37.9 Å². The first kappa shape index (κ1) is 29.2. The van der Waals surface area contributed by atoms with Crippen LogP contribution in [0.5, 0.6) is 28.7 Å². The summed E-state index contributed by atoms with van der Waals surface area (Å²) in [6.45, 7) is 6.76. The van der Waals surface area contributed by atoms with Gasteiger partial charge in [-0.15, -0.1) is 0 Å². The van der Waals surface area contributed by atoms with E-state index in [1.54, 1.807) is 55.6 Å². The lowest BCUT2D eigenvalue weighted by Gasteiger charge is -2.31. The maximum Gasteiger partial charge on any atom is 0.323 e. The molecule has 1 aliphatic heterocycles. The molecule has 1 aromatic heterocycles. The second-order valence-corrected chi connectivity index (χ2v) is 10.1. The molecule has 1 aliphatic rings. The van der Waals surface area contributed by atoms with E-state index in [4.69, 9.17) is 18.9 Å². The normalized spacial score (nSPS) is 13.2. The number of hydrogen-bond donors (Lipinski definition) is 2. The van der Waals surface area contributed by atoms with Crippen molar-refractivity contribution in [3.8, 4) is 28.7 Å². The number of pyridine rings is 1. The van der Waals surface area contributed by atoms with E-state index < -0.39 is 6.03 Å². The zero-order chi connectivity index (χ0) is 30.3. The number of aryl methyl sites for hydroxylation is 1. The molecule has 5 rings (SSSR count). The fourth-order valence-electron chi connectivity index (χ4n) is 4.87. The molecule has 2 N–H and O–H groups in total. The molecule has 1 fully saturated rings. The smallest absolute Gasteiger partial charge is 0.323 e. The Hall–Kier alpha value is -5.25. The Morgan fingerprint density at radius 1 is 0.884 bits per heavy atom. The number of carbonyl (C=O) groups is 2. The summed E-state index contributed by atoms with van der Waals surface area (Å²) in [5.41, 5.74) is 2.78. The van der Waals surface area contributed by atoms with E-state index >= 15 is 0 Å². The molecule has 2 heterocycles. The maximum atomic E-state index is 12.8. The van der Waals surface area contributed by atoms with E-state index in [1.165, 1.54) is 6.08 Å². The summed E-state index contributed by atoms with van der Waals surface area (Å²) in [6, 6.07) is 17.7. The summed E-state index contributed by atoms with van der Waals surface area (Å²) in [5, 5.41) is 6.47. The number of likely N-dealkylation sites (tertiary alicyclic amines) is 1. The van der Waals surface area contributed by atoms with Crippen LogP contribution in [0.2, 0.25) is 0 Å². The molecule has 0 aliphatic carbocycles. The van der Waals surface area contributed by atoms with Crippen LogP contribution in [0, 0.1) is 6.92 Å². The van der Waals surface area contributed by atoms with Crippen LogP contribution in [-0.2, 0) is 4.79 Å². The molecule has 3 amide bonds. The Morgan fingerprint density at radius 3 is 2.26 bits per heavy atom. The lowest BCUT2D eigenvalue weighted by atomic mass is 10.1. The number of anilines is 2. The minimum absolute atomic E-state index is 0.0314. The molecule has 1 saturated heterocycles. The van der Waals surface area contributed by atoms with E-state index in [2.05, 4.69) is 22.2 Å². The Balaban J connectivity index is 1.20. The fraction of sp³-hybridized carbons (Fsp3) is 0.242. The van der Waals surface area contributed by atoms with Gasteiger partial charge in [-0.3, -0.25) is 9.78 Å². The van der Waals surface area contributed by atoms with Crippen molar-refractivity contribution in [3.63, 3.8) is 0 Å². The molecule has 0 atom stereocenters. The van der Waals surface area contributed by atoms with Gasteiger partial charge in [-0.25, -0.2) is 4.79 Å². The number of fused-ring (bicyclic) bond motifs is 1. The van der Waals surface area contributed by atoms with Crippen LogP contribution in [0.25, 0.3) is 10.9 Å². The number of amides is 3. The summed E-state index contributed by atoms with van der Waals surface area (Å²) in [6.07, 6.45) is 4.55. The number of urea groups is 1. The zero-order valence-corrected chi connectivity index (χ0v) is 24.4. The molecule has 0 unspecified atom stereocenters. The van der Waals surface area contributed by atoms with Gasteiger partial charge in [0.05, 0.1) is 19.7 Å². The number of benzene rings is 3. The van der Waals surface area contributed by atoms with Gasteiger partial charge >= 0.3 is 6.03 Å². The van der Waals surface area contributed by atoms with Crippen LogP contribution in [0.1, 0.15) is 18.4 Å². The summed E-state index contributed by atoms with van der Waals surface area (Å²) >= 11 is 0. The van der Waals surface area contributed by atoms with Crippen LogP contribution in [0.4, 0.5) is 16.2 Å². The molecule has 0 bridgehead atoms. The number of ether oxygens (including phenoxy) is 4. The van der Waals surface area contributed by atoms with Gasteiger partial charge in [-0.05, 0) is 61.0 Å². The van der Waals surface area contributed by atoms with Gasteiger partial charge in [0, 0.05) is 61.0 Å².